The Labute approximate surface area is 169 Å². The lowest BCUT2D eigenvalue weighted by atomic mass is 10.2. The molecule has 146 valence electrons. The van der Waals surface area contributed by atoms with Gasteiger partial charge in [-0.05, 0) is 42.5 Å². The number of carbonyl (C=O) groups is 1. The van der Waals surface area contributed by atoms with E-state index < -0.39 is 11.2 Å². The van der Waals surface area contributed by atoms with Crippen LogP contribution in [0, 0.1) is 0 Å². The van der Waals surface area contributed by atoms with E-state index in [-0.39, 0.29) is 19.0 Å². The van der Waals surface area contributed by atoms with Crippen LogP contribution in [0.1, 0.15) is 5.76 Å². The second-order valence-corrected chi connectivity index (χ2v) is 6.80. The highest BCUT2D eigenvalue weighted by atomic mass is 35.5. The Hall–Kier alpha value is -3.58. The minimum absolute atomic E-state index is 0.201. The second-order valence-electron chi connectivity index (χ2n) is 6.36. The first-order valence-corrected chi connectivity index (χ1v) is 9.22. The molecule has 0 atom stereocenters. The summed E-state index contributed by atoms with van der Waals surface area (Å²) in [6, 6.07) is 16.6. The van der Waals surface area contributed by atoms with Gasteiger partial charge in [-0.15, -0.1) is 0 Å². The van der Waals surface area contributed by atoms with Gasteiger partial charge >= 0.3 is 5.69 Å². The number of amides is 1. The van der Waals surface area contributed by atoms with Crippen molar-refractivity contribution in [2.45, 2.75) is 13.1 Å². The summed E-state index contributed by atoms with van der Waals surface area (Å²) in [5, 5.41) is 3.43. The number of nitrogens with one attached hydrogen (secondary N) is 1. The number of para-hydroxylation sites is 1. The van der Waals surface area contributed by atoms with Gasteiger partial charge in [0.1, 0.15) is 12.3 Å². The SMILES string of the molecule is O=C(Cn1c(=O)n(-c2cccc(Cl)c2)c(=O)c2ccccc21)NCc1ccco1. The predicted molar refractivity (Wildman–Crippen MR) is 109 cm³/mol. The van der Waals surface area contributed by atoms with Crippen LogP contribution in [0.2, 0.25) is 5.02 Å². The summed E-state index contributed by atoms with van der Waals surface area (Å²) in [6.07, 6.45) is 1.51. The fourth-order valence-corrected chi connectivity index (χ4v) is 3.30. The maximum atomic E-state index is 13.2. The van der Waals surface area contributed by atoms with Gasteiger partial charge in [0.2, 0.25) is 5.91 Å². The third-order valence-electron chi connectivity index (χ3n) is 4.46. The van der Waals surface area contributed by atoms with E-state index >= 15 is 0 Å². The summed E-state index contributed by atoms with van der Waals surface area (Å²) in [4.78, 5) is 38.6. The second kappa shape index (κ2) is 7.81. The highest BCUT2D eigenvalue weighted by Gasteiger charge is 2.16. The smallest absolute Gasteiger partial charge is 0.336 e. The molecule has 0 saturated carbocycles. The highest BCUT2D eigenvalue weighted by Crippen LogP contribution is 2.14. The number of benzene rings is 2. The molecule has 0 saturated heterocycles. The quantitative estimate of drug-likeness (QED) is 0.549. The van der Waals surface area contributed by atoms with Crippen molar-refractivity contribution >= 4 is 28.4 Å². The molecule has 7 nitrogen and oxygen atoms in total. The molecule has 8 heteroatoms. The van der Waals surface area contributed by atoms with E-state index in [9.17, 15) is 14.4 Å². The molecule has 4 rings (SSSR count). The number of aromatic nitrogens is 2. The van der Waals surface area contributed by atoms with Crippen molar-refractivity contribution in [1.29, 1.82) is 0 Å². The van der Waals surface area contributed by atoms with Gasteiger partial charge in [-0.2, -0.15) is 0 Å². The van der Waals surface area contributed by atoms with Gasteiger partial charge < -0.3 is 9.73 Å². The average molecular weight is 410 g/mol. The molecule has 1 amide bonds. The molecule has 0 spiro atoms. The molecule has 0 bridgehead atoms. The summed E-state index contributed by atoms with van der Waals surface area (Å²) in [5.74, 6) is 0.212. The molecule has 4 aromatic rings. The topological polar surface area (TPSA) is 86.2 Å². The van der Waals surface area contributed by atoms with Gasteiger partial charge in [-0.3, -0.25) is 14.2 Å². The summed E-state index contributed by atoms with van der Waals surface area (Å²) in [5.41, 5.74) is -0.374. The molecule has 29 heavy (non-hydrogen) atoms. The third kappa shape index (κ3) is 3.72. The van der Waals surface area contributed by atoms with Crippen molar-refractivity contribution < 1.29 is 9.21 Å². The van der Waals surface area contributed by atoms with Crippen molar-refractivity contribution in [3.8, 4) is 5.69 Å². The van der Waals surface area contributed by atoms with Crippen LogP contribution in [-0.2, 0) is 17.9 Å². The van der Waals surface area contributed by atoms with Crippen molar-refractivity contribution in [3.05, 3.63) is 98.5 Å². The molecule has 2 aromatic carbocycles. The summed E-state index contributed by atoms with van der Waals surface area (Å²) < 4.78 is 7.49. The van der Waals surface area contributed by atoms with Crippen molar-refractivity contribution in [3.63, 3.8) is 0 Å². The van der Waals surface area contributed by atoms with E-state index in [0.717, 1.165) is 4.57 Å². The van der Waals surface area contributed by atoms with Gasteiger partial charge in [-0.25, -0.2) is 9.36 Å². The fourth-order valence-electron chi connectivity index (χ4n) is 3.12. The largest absolute Gasteiger partial charge is 0.467 e. The number of fused-ring (bicyclic) bond motifs is 1. The van der Waals surface area contributed by atoms with Crippen LogP contribution in [-0.4, -0.2) is 15.0 Å². The Balaban J connectivity index is 1.79. The third-order valence-corrected chi connectivity index (χ3v) is 4.69. The zero-order chi connectivity index (χ0) is 20.4. The number of rotatable bonds is 5. The summed E-state index contributed by atoms with van der Waals surface area (Å²) in [7, 11) is 0. The first kappa shape index (κ1) is 18.8. The van der Waals surface area contributed by atoms with E-state index in [1.807, 2.05) is 0 Å². The molecule has 1 N–H and O–H groups in total. The lowest BCUT2D eigenvalue weighted by Crippen LogP contribution is -2.41. The highest BCUT2D eigenvalue weighted by molar-refractivity contribution is 6.30. The molecule has 0 aliphatic rings. The molecule has 0 unspecified atom stereocenters. The lowest BCUT2D eigenvalue weighted by molar-refractivity contribution is -0.121. The Kier molecular flexibility index (Phi) is 5.05. The zero-order valence-electron chi connectivity index (χ0n) is 15.2. The van der Waals surface area contributed by atoms with Gasteiger partial charge in [0.25, 0.3) is 5.56 Å². The Morgan fingerprint density at radius 3 is 2.62 bits per heavy atom. The maximum absolute atomic E-state index is 13.2. The molecule has 2 heterocycles. The Morgan fingerprint density at radius 1 is 1.03 bits per heavy atom. The molecular formula is C21H16ClN3O4. The van der Waals surface area contributed by atoms with Crippen LogP contribution in [0.15, 0.2) is 80.9 Å². The first-order valence-electron chi connectivity index (χ1n) is 8.84. The Bertz CT molecular complexity index is 1310. The van der Waals surface area contributed by atoms with Gasteiger partial charge in [0.15, 0.2) is 0 Å². The minimum atomic E-state index is -0.621. The predicted octanol–water partition coefficient (Wildman–Crippen LogP) is 2.72. The Morgan fingerprint density at radius 2 is 1.86 bits per heavy atom. The molecule has 0 aliphatic heterocycles. The number of carbonyl (C=O) groups excluding carboxylic acids is 1. The van der Waals surface area contributed by atoms with Crippen molar-refractivity contribution in [2.24, 2.45) is 0 Å². The van der Waals surface area contributed by atoms with Gasteiger partial charge in [-0.1, -0.05) is 29.8 Å². The molecule has 0 aliphatic carbocycles. The van der Waals surface area contributed by atoms with Crippen LogP contribution >= 0.6 is 11.6 Å². The van der Waals surface area contributed by atoms with Crippen LogP contribution in [0.4, 0.5) is 0 Å². The van der Waals surface area contributed by atoms with Crippen molar-refractivity contribution in [1.82, 2.24) is 14.5 Å². The first-order chi connectivity index (χ1) is 14.0. The molecular weight excluding hydrogens is 394 g/mol. The minimum Gasteiger partial charge on any atom is -0.467 e. The van der Waals surface area contributed by atoms with E-state index in [4.69, 9.17) is 16.0 Å². The van der Waals surface area contributed by atoms with Crippen LogP contribution < -0.4 is 16.6 Å². The molecule has 2 aromatic heterocycles. The van der Waals surface area contributed by atoms with E-state index in [0.29, 0.717) is 27.4 Å². The number of hydrogen-bond acceptors (Lipinski definition) is 4. The lowest BCUT2D eigenvalue weighted by Gasteiger charge is -2.14. The number of furan rings is 1. The van der Waals surface area contributed by atoms with E-state index in [1.54, 1.807) is 54.6 Å². The number of halogens is 1. The van der Waals surface area contributed by atoms with Crippen LogP contribution in [0.5, 0.6) is 0 Å². The fraction of sp³-hybridized carbons (Fsp3) is 0.0952. The summed E-state index contributed by atoms with van der Waals surface area (Å²) >= 11 is 6.03. The van der Waals surface area contributed by atoms with Gasteiger partial charge in [0, 0.05) is 5.02 Å². The normalized spacial score (nSPS) is 10.9. The maximum Gasteiger partial charge on any atom is 0.336 e. The standard InChI is InChI=1S/C21H16ClN3O4/c22-14-5-3-6-15(11-14)25-20(27)17-8-1-2-9-18(17)24(21(25)28)13-19(26)23-12-16-7-4-10-29-16/h1-11H,12-13H2,(H,23,26). The zero-order valence-corrected chi connectivity index (χ0v) is 15.9. The van der Waals surface area contributed by atoms with Crippen LogP contribution in [0.25, 0.3) is 16.6 Å². The number of nitrogens with zero attached hydrogens (tertiary/aromatic N) is 2. The van der Waals surface area contributed by atoms with Crippen LogP contribution in [0.3, 0.4) is 0 Å². The van der Waals surface area contributed by atoms with E-state index in [2.05, 4.69) is 5.32 Å². The number of hydrogen-bond donors (Lipinski definition) is 1. The molecule has 0 fully saturated rings. The average Bonchev–Trinajstić information content (AvgIpc) is 3.23. The molecule has 0 radical (unpaired) electrons. The van der Waals surface area contributed by atoms with E-state index in [1.165, 1.54) is 16.9 Å². The van der Waals surface area contributed by atoms with Gasteiger partial charge in [0.05, 0.1) is 29.4 Å². The summed E-state index contributed by atoms with van der Waals surface area (Å²) in [6.45, 7) is -0.0483. The van der Waals surface area contributed by atoms with Crippen molar-refractivity contribution in [2.75, 3.05) is 0 Å². The monoisotopic (exact) mass is 409 g/mol.